The van der Waals surface area contributed by atoms with E-state index in [2.05, 4.69) is 189 Å². The van der Waals surface area contributed by atoms with Crippen molar-refractivity contribution in [2.45, 2.75) is 108 Å². The zero-order valence-corrected chi connectivity index (χ0v) is 38.6. The molecule has 5 heteroatoms. The Labute approximate surface area is 382 Å². The molecule has 4 aliphatic heterocycles. The van der Waals surface area contributed by atoms with Gasteiger partial charge in [-0.25, -0.2) is 0 Å². The molecular weight excluding hydrogens is 794 g/mol. The van der Waals surface area contributed by atoms with Gasteiger partial charge in [-0.2, -0.15) is 0 Å². The lowest BCUT2D eigenvalue weighted by Crippen LogP contribution is -2.64. The second-order valence-corrected chi connectivity index (χ2v) is 22.2. The first kappa shape index (κ1) is 37.6. The van der Waals surface area contributed by atoms with Gasteiger partial charge in [-0.15, -0.1) is 11.3 Å². The molecule has 0 radical (unpaired) electrons. The first-order valence-corrected chi connectivity index (χ1v) is 24.9. The molecule has 2 fully saturated rings. The number of fused-ring (bicyclic) bond motifs is 13. The van der Waals surface area contributed by atoms with E-state index in [9.17, 15) is 0 Å². The van der Waals surface area contributed by atoms with Crippen LogP contribution in [-0.2, 0) is 10.8 Å². The van der Waals surface area contributed by atoms with Gasteiger partial charge < -0.3 is 14.7 Å². The fraction of sp³-hybridized carbons (Fsp3) is 0.288. The normalized spacial score (nSPS) is 25.8. The van der Waals surface area contributed by atoms with Gasteiger partial charge in [0.15, 0.2) is 0 Å². The molecule has 0 spiro atoms. The minimum atomic E-state index is -0.0684. The van der Waals surface area contributed by atoms with E-state index in [0.29, 0.717) is 0 Å². The molecule has 7 aromatic carbocycles. The van der Waals surface area contributed by atoms with E-state index < -0.39 is 0 Å². The Morgan fingerprint density at radius 1 is 0.484 bits per heavy atom. The topological polar surface area (TPSA) is 9.72 Å². The van der Waals surface area contributed by atoms with E-state index in [1.54, 1.807) is 5.56 Å². The highest BCUT2D eigenvalue weighted by molar-refractivity contribution is 7.25. The van der Waals surface area contributed by atoms with Crippen LogP contribution in [0.2, 0.25) is 0 Å². The molecule has 2 saturated carbocycles. The number of para-hydroxylation sites is 1. The van der Waals surface area contributed by atoms with Crippen molar-refractivity contribution < 1.29 is 0 Å². The summed E-state index contributed by atoms with van der Waals surface area (Å²) in [5.74, 6) is 0. The minimum Gasteiger partial charge on any atom is -0.335 e. The van der Waals surface area contributed by atoms with E-state index in [1.807, 2.05) is 11.3 Å². The molecule has 2 aliphatic carbocycles. The van der Waals surface area contributed by atoms with Crippen molar-refractivity contribution in [3.63, 3.8) is 0 Å². The quantitative estimate of drug-likeness (QED) is 0.164. The number of benzene rings is 7. The monoisotopic (exact) mass is 847 g/mol. The van der Waals surface area contributed by atoms with Crippen molar-refractivity contribution in [3.05, 3.63) is 156 Å². The Bertz CT molecular complexity index is 3320. The summed E-state index contributed by atoms with van der Waals surface area (Å²) < 4.78 is 2.69. The van der Waals surface area contributed by atoms with Gasteiger partial charge in [-0.1, -0.05) is 124 Å². The molecule has 8 aromatic rings. The molecule has 0 N–H and O–H groups in total. The molecule has 4 unspecified atom stereocenters. The number of thiophene rings is 1. The van der Waals surface area contributed by atoms with E-state index in [4.69, 9.17) is 0 Å². The van der Waals surface area contributed by atoms with Gasteiger partial charge in [0.05, 0.1) is 11.1 Å². The standard InChI is InChI=1S/C59H54BN3S/c1-37-32-50-54-51(33-37)63-55-44(56(2)28-11-14-31-59(56,63)5)19-15-20-47(55)60(54)46-26-24-41(35-49(46)61(50)40-23-25-43-42-18-9-10-21-52(42)64-53(43)36-40)62-48-27-22-39(38-16-7-6-8-17-38)34-45(48)57(3)29-12-13-30-58(57,62)4/h6-10,15-27,32-36H,11-14,28-31H2,1-5H3. The molecule has 5 heterocycles. The summed E-state index contributed by atoms with van der Waals surface area (Å²) in [5.41, 5.74) is 20.8. The molecule has 314 valence electrons. The zero-order valence-electron chi connectivity index (χ0n) is 37.8. The van der Waals surface area contributed by atoms with Crippen molar-refractivity contribution >= 4 is 94.4 Å². The summed E-state index contributed by atoms with van der Waals surface area (Å²) >= 11 is 1.92. The summed E-state index contributed by atoms with van der Waals surface area (Å²) in [7, 11) is 0. The Morgan fingerprint density at radius 2 is 1.19 bits per heavy atom. The SMILES string of the molecule is Cc1cc2c3c(c1)N1c4c(cccc4C4(C)CCCCC14C)B3c1ccc(N3c4ccc(-c5ccccc5)cc4C4(C)CCCCC34C)cc1N2c1ccc2c(c1)sc1ccccc12. The summed E-state index contributed by atoms with van der Waals surface area (Å²) in [4.78, 5) is 8.33. The number of nitrogens with zero attached hydrogens (tertiary/aromatic N) is 3. The third-order valence-corrected chi connectivity index (χ3v) is 19.3. The summed E-state index contributed by atoms with van der Waals surface area (Å²) in [6, 6.07) is 54.7. The fourth-order valence-electron chi connectivity index (χ4n) is 14.6. The van der Waals surface area contributed by atoms with Crippen LogP contribution in [0, 0.1) is 6.92 Å². The Kier molecular flexibility index (Phi) is 7.47. The first-order valence-electron chi connectivity index (χ1n) is 24.1. The van der Waals surface area contributed by atoms with Crippen LogP contribution in [0.3, 0.4) is 0 Å². The predicted molar refractivity (Wildman–Crippen MR) is 274 cm³/mol. The van der Waals surface area contributed by atoms with Gasteiger partial charge in [0.2, 0.25) is 0 Å². The maximum Gasteiger partial charge on any atom is 0.252 e. The third kappa shape index (κ3) is 4.55. The molecule has 14 rings (SSSR count). The molecular formula is C59H54BN3S. The highest BCUT2D eigenvalue weighted by Gasteiger charge is 2.62. The highest BCUT2D eigenvalue weighted by atomic mass is 32.1. The minimum absolute atomic E-state index is 0.00673. The highest BCUT2D eigenvalue weighted by Crippen LogP contribution is 2.64. The predicted octanol–water partition coefficient (Wildman–Crippen LogP) is 14.1. The van der Waals surface area contributed by atoms with Crippen molar-refractivity contribution in [2.24, 2.45) is 0 Å². The van der Waals surface area contributed by atoms with Crippen LogP contribution in [0.1, 0.15) is 95.8 Å². The fourth-order valence-corrected chi connectivity index (χ4v) is 15.8. The number of hydrogen-bond acceptors (Lipinski definition) is 4. The summed E-state index contributed by atoms with van der Waals surface area (Å²) in [6.45, 7) is 12.8. The van der Waals surface area contributed by atoms with Crippen LogP contribution in [0.15, 0.2) is 140 Å². The largest absolute Gasteiger partial charge is 0.335 e. The van der Waals surface area contributed by atoms with Gasteiger partial charge in [0, 0.05) is 70.8 Å². The van der Waals surface area contributed by atoms with Crippen LogP contribution in [0.5, 0.6) is 0 Å². The van der Waals surface area contributed by atoms with Crippen LogP contribution in [-0.4, -0.2) is 17.8 Å². The van der Waals surface area contributed by atoms with Gasteiger partial charge >= 0.3 is 0 Å². The molecule has 0 amide bonds. The zero-order chi connectivity index (χ0) is 42.9. The lowest BCUT2D eigenvalue weighted by atomic mass is 9.33. The molecule has 6 aliphatic rings. The average molecular weight is 848 g/mol. The third-order valence-electron chi connectivity index (χ3n) is 18.2. The first-order chi connectivity index (χ1) is 31.1. The number of anilines is 7. The molecule has 64 heavy (non-hydrogen) atoms. The Hall–Kier alpha value is -5.78. The van der Waals surface area contributed by atoms with Crippen LogP contribution >= 0.6 is 11.3 Å². The van der Waals surface area contributed by atoms with Gasteiger partial charge in [-0.3, -0.25) is 0 Å². The van der Waals surface area contributed by atoms with Gasteiger partial charge in [0.25, 0.3) is 6.71 Å². The number of hydrogen-bond donors (Lipinski definition) is 0. The van der Waals surface area contributed by atoms with Gasteiger partial charge in [-0.05, 0) is 145 Å². The van der Waals surface area contributed by atoms with Crippen molar-refractivity contribution in [2.75, 3.05) is 14.7 Å². The molecule has 0 saturated heterocycles. The van der Waals surface area contributed by atoms with Crippen LogP contribution in [0.25, 0.3) is 31.3 Å². The van der Waals surface area contributed by atoms with Crippen LogP contribution in [0.4, 0.5) is 39.8 Å². The van der Waals surface area contributed by atoms with E-state index in [0.717, 1.165) is 0 Å². The van der Waals surface area contributed by atoms with E-state index in [1.165, 1.54) is 150 Å². The number of rotatable bonds is 3. The van der Waals surface area contributed by atoms with Crippen molar-refractivity contribution in [3.8, 4) is 11.1 Å². The smallest absolute Gasteiger partial charge is 0.252 e. The average Bonchev–Trinajstić information content (AvgIpc) is 3.86. The second-order valence-electron chi connectivity index (χ2n) is 21.1. The second kappa shape index (κ2) is 12.7. The summed E-state index contributed by atoms with van der Waals surface area (Å²) in [6.07, 6.45) is 9.90. The van der Waals surface area contributed by atoms with Crippen molar-refractivity contribution in [1.29, 1.82) is 0 Å². The Balaban J connectivity index is 1.03. The van der Waals surface area contributed by atoms with E-state index in [-0.39, 0.29) is 28.6 Å². The Morgan fingerprint density at radius 3 is 2.02 bits per heavy atom. The lowest BCUT2D eigenvalue weighted by Gasteiger charge is -2.53. The van der Waals surface area contributed by atoms with Crippen molar-refractivity contribution in [1.82, 2.24) is 0 Å². The summed E-state index contributed by atoms with van der Waals surface area (Å²) in [5, 5.41) is 2.69. The molecule has 0 bridgehead atoms. The molecule has 1 aromatic heterocycles. The maximum absolute atomic E-state index is 2.86. The molecule has 3 nitrogen and oxygen atoms in total. The number of aryl methyl sites for hydroxylation is 1. The van der Waals surface area contributed by atoms with Gasteiger partial charge in [0.1, 0.15) is 0 Å². The lowest BCUT2D eigenvalue weighted by molar-refractivity contribution is 0.195. The van der Waals surface area contributed by atoms with Crippen LogP contribution < -0.4 is 31.1 Å². The molecule has 4 atom stereocenters. The maximum atomic E-state index is 2.86. The van der Waals surface area contributed by atoms with E-state index >= 15 is 0 Å².